The minimum atomic E-state index is -2.95. The van der Waals surface area contributed by atoms with Gasteiger partial charge in [0.05, 0.1) is 11.4 Å². The molecule has 1 aromatic rings. The third kappa shape index (κ3) is 4.21. The number of hydrogen-bond donors (Lipinski definition) is 1. The van der Waals surface area contributed by atoms with Crippen molar-refractivity contribution >= 4 is 9.84 Å². The van der Waals surface area contributed by atoms with Crippen LogP contribution in [0.5, 0.6) is 5.75 Å². The van der Waals surface area contributed by atoms with Crippen molar-refractivity contribution in [2.75, 3.05) is 13.3 Å². The highest BCUT2D eigenvalue weighted by Crippen LogP contribution is 2.27. The number of nitrogens with one attached hydrogen (secondary N) is 1. The van der Waals surface area contributed by atoms with Crippen molar-refractivity contribution in [1.82, 2.24) is 5.32 Å². The van der Waals surface area contributed by atoms with Crippen molar-refractivity contribution in [2.24, 2.45) is 0 Å². The Morgan fingerprint density at radius 3 is 2.55 bits per heavy atom. The summed E-state index contributed by atoms with van der Waals surface area (Å²) in [5.41, 5.74) is 1.21. The average Bonchev–Trinajstić information content (AvgIpc) is 2.41. The van der Waals surface area contributed by atoms with E-state index in [9.17, 15) is 8.42 Å². The van der Waals surface area contributed by atoms with E-state index in [4.69, 9.17) is 4.74 Å². The van der Waals surface area contributed by atoms with Gasteiger partial charge in [0, 0.05) is 19.2 Å². The molecule has 1 saturated carbocycles. The van der Waals surface area contributed by atoms with Gasteiger partial charge in [-0.15, -0.1) is 0 Å². The molecule has 2 atom stereocenters. The van der Waals surface area contributed by atoms with Gasteiger partial charge in [0.1, 0.15) is 15.6 Å². The summed E-state index contributed by atoms with van der Waals surface area (Å²) >= 11 is 0. The van der Waals surface area contributed by atoms with E-state index in [-0.39, 0.29) is 11.4 Å². The lowest BCUT2D eigenvalue weighted by atomic mass is 9.97. The van der Waals surface area contributed by atoms with E-state index in [1.54, 1.807) is 0 Å². The zero-order valence-electron chi connectivity index (χ0n) is 12.1. The molecule has 20 heavy (non-hydrogen) atoms. The first kappa shape index (κ1) is 15.3. The monoisotopic (exact) mass is 297 g/mol. The van der Waals surface area contributed by atoms with E-state index in [2.05, 4.69) is 5.32 Å². The molecule has 1 fully saturated rings. The molecule has 0 spiro atoms. The van der Waals surface area contributed by atoms with E-state index in [0.29, 0.717) is 6.42 Å². The number of ether oxygens (including phenoxy) is 1. The van der Waals surface area contributed by atoms with E-state index >= 15 is 0 Å². The van der Waals surface area contributed by atoms with E-state index in [1.807, 2.05) is 31.3 Å². The molecule has 0 bridgehead atoms. The van der Waals surface area contributed by atoms with Gasteiger partial charge in [0.2, 0.25) is 0 Å². The number of sulfone groups is 1. The molecule has 0 aliphatic heterocycles. The Kier molecular flexibility index (Phi) is 5.05. The quantitative estimate of drug-likeness (QED) is 0.904. The largest absolute Gasteiger partial charge is 0.490 e. The summed E-state index contributed by atoms with van der Waals surface area (Å²) in [6.07, 6.45) is 4.56. The molecule has 0 saturated heterocycles. The van der Waals surface area contributed by atoms with Crippen LogP contribution >= 0.6 is 0 Å². The fourth-order valence-electron chi connectivity index (χ4n) is 2.68. The Labute approximate surface area is 121 Å². The van der Waals surface area contributed by atoms with Crippen LogP contribution in [0.3, 0.4) is 0 Å². The lowest BCUT2D eigenvalue weighted by Crippen LogP contribution is -2.33. The van der Waals surface area contributed by atoms with Gasteiger partial charge in [-0.25, -0.2) is 8.42 Å². The van der Waals surface area contributed by atoms with Gasteiger partial charge in [-0.3, -0.25) is 0 Å². The molecule has 1 N–H and O–H groups in total. The first-order valence-electron chi connectivity index (χ1n) is 7.08. The van der Waals surface area contributed by atoms with E-state index in [1.165, 1.54) is 11.8 Å². The molecule has 2 rings (SSSR count). The van der Waals surface area contributed by atoms with Crippen molar-refractivity contribution in [3.05, 3.63) is 29.8 Å². The number of benzene rings is 1. The minimum Gasteiger partial charge on any atom is -0.490 e. The molecular weight excluding hydrogens is 274 g/mol. The van der Waals surface area contributed by atoms with Crippen LogP contribution in [0.25, 0.3) is 0 Å². The summed E-state index contributed by atoms with van der Waals surface area (Å²) in [6, 6.07) is 7.97. The summed E-state index contributed by atoms with van der Waals surface area (Å²) < 4.78 is 29.2. The molecule has 0 radical (unpaired) electrons. The topological polar surface area (TPSA) is 55.4 Å². The molecular formula is C15H23NO3S. The zero-order valence-corrected chi connectivity index (χ0v) is 12.9. The van der Waals surface area contributed by atoms with Crippen LogP contribution < -0.4 is 10.1 Å². The van der Waals surface area contributed by atoms with Crippen LogP contribution in [-0.4, -0.2) is 33.1 Å². The van der Waals surface area contributed by atoms with Gasteiger partial charge in [-0.1, -0.05) is 12.1 Å². The van der Waals surface area contributed by atoms with Crippen molar-refractivity contribution in [1.29, 1.82) is 0 Å². The average molecular weight is 297 g/mol. The lowest BCUT2D eigenvalue weighted by molar-refractivity contribution is 0.156. The highest BCUT2D eigenvalue weighted by atomic mass is 32.2. The van der Waals surface area contributed by atoms with Crippen LogP contribution in [0, 0.1) is 0 Å². The summed E-state index contributed by atoms with van der Waals surface area (Å²) in [5, 5.41) is 2.85. The Morgan fingerprint density at radius 1 is 1.25 bits per heavy atom. The normalized spacial score (nSPS) is 23.5. The molecule has 5 heteroatoms. The first-order valence-corrected chi connectivity index (χ1v) is 9.03. The minimum absolute atomic E-state index is 0.0126. The SMILES string of the molecule is CNCc1ccc(OC2CCCC(S(C)(=O)=O)C2)cc1. The maximum atomic E-state index is 11.6. The van der Waals surface area contributed by atoms with Crippen molar-refractivity contribution in [2.45, 2.75) is 43.6 Å². The third-order valence-electron chi connectivity index (χ3n) is 3.79. The van der Waals surface area contributed by atoms with Crippen LogP contribution in [0.4, 0.5) is 0 Å². The predicted octanol–water partition coefficient (Wildman–Crippen LogP) is 2.14. The van der Waals surface area contributed by atoms with Gasteiger partial charge < -0.3 is 10.1 Å². The first-order chi connectivity index (χ1) is 9.49. The molecule has 4 nitrogen and oxygen atoms in total. The lowest BCUT2D eigenvalue weighted by Gasteiger charge is -2.28. The van der Waals surface area contributed by atoms with Crippen LogP contribution in [0.2, 0.25) is 0 Å². The zero-order chi connectivity index (χ0) is 14.6. The number of hydrogen-bond acceptors (Lipinski definition) is 4. The van der Waals surface area contributed by atoms with Gasteiger partial charge in [0.25, 0.3) is 0 Å². The second-order valence-corrected chi connectivity index (χ2v) is 7.86. The molecule has 0 amide bonds. The van der Waals surface area contributed by atoms with Gasteiger partial charge in [-0.05, 0) is 44.0 Å². The number of rotatable bonds is 5. The highest BCUT2D eigenvalue weighted by molar-refractivity contribution is 7.91. The molecule has 0 heterocycles. The Balaban J connectivity index is 1.95. The van der Waals surface area contributed by atoms with Crippen LogP contribution in [-0.2, 0) is 16.4 Å². The van der Waals surface area contributed by atoms with Crippen molar-refractivity contribution in [3.8, 4) is 5.75 Å². The van der Waals surface area contributed by atoms with Gasteiger partial charge in [-0.2, -0.15) is 0 Å². The van der Waals surface area contributed by atoms with Crippen molar-refractivity contribution in [3.63, 3.8) is 0 Å². The standard InChI is InChI=1S/C15H23NO3S/c1-16-11-12-6-8-13(9-7-12)19-14-4-3-5-15(10-14)20(2,17)18/h6-9,14-16H,3-5,10-11H2,1-2H3. The van der Waals surface area contributed by atoms with E-state index < -0.39 is 9.84 Å². The predicted molar refractivity (Wildman–Crippen MR) is 80.7 cm³/mol. The Hall–Kier alpha value is -1.07. The second-order valence-electron chi connectivity index (χ2n) is 5.53. The molecule has 0 aromatic heterocycles. The molecule has 2 unspecified atom stereocenters. The van der Waals surface area contributed by atoms with Gasteiger partial charge >= 0.3 is 0 Å². The summed E-state index contributed by atoms with van der Waals surface area (Å²) in [7, 11) is -1.04. The highest BCUT2D eigenvalue weighted by Gasteiger charge is 2.29. The Morgan fingerprint density at radius 2 is 1.95 bits per heavy atom. The maximum Gasteiger partial charge on any atom is 0.150 e. The Bertz CT molecular complexity index is 525. The summed E-state index contributed by atoms with van der Waals surface area (Å²) in [4.78, 5) is 0. The maximum absolute atomic E-state index is 11.6. The molecule has 112 valence electrons. The molecule has 1 aliphatic rings. The second kappa shape index (κ2) is 6.59. The fraction of sp³-hybridized carbons (Fsp3) is 0.600. The summed E-state index contributed by atoms with van der Waals surface area (Å²) in [5.74, 6) is 0.823. The smallest absolute Gasteiger partial charge is 0.150 e. The van der Waals surface area contributed by atoms with Crippen LogP contribution in [0.1, 0.15) is 31.2 Å². The molecule has 1 aliphatic carbocycles. The summed E-state index contributed by atoms with van der Waals surface area (Å²) in [6.45, 7) is 0.833. The van der Waals surface area contributed by atoms with Crippen molar-refractivity contribution < 1.29 is 13.2 Å². The fourth-order valence-corrected chi connectivity index (χ4v) is 3.84. The van der Waals surface area contributed by atoms with Gasteiger partial charge in [0.15, 0.2) is 0 Å². The van der Waals surface area contributed by atoms with Crippen LogP contribution in [0.15, 0.2) is 24.3 Å². The van der Waals surface area contributed by atoms with E-state index in [0.717, 1.165) is 31.6 Å². The molecule has 1 aromatic carbocycles. The third-order valence-corrected chi connectivity index (χ3v) is 5.43.